The SMILES string of the molecule is CNC(=O)c1nn(C)cc1NC(=O)CCn1ccc(C)n1. The summed E-state index contributed by atoms with van der Waals surface area (Å²) < 4.78 is 3.19. The smallest absolute Gasteiger partial charge is 0.273 e. The normalized spacial score (nSPS) is 10.4. The van der Waals surface area contributed by atoms with E-state index < -0.39 is 0 Å². The van der Waals surface area contributed by atoms with Crippen LogP contribution >= 0.6 is 0 Å². The van der Waals surface area contributed by atoms with Crippen molar-refractivity contribution in [2.45, 2.75) is 19.9 Å². The first-order valence-corrected chi connectivity index (χ1v) is 6.55. The number of aryl methyl sites for hydroxylation is 3. The van der Waals surface area contributed by atoms with Crippen LogP contribution < -0.4 is 10.6 Å². The van der Waals surface area contributed by atoms with Crippen molar-refractivity contribution in [3.63, 3.8) is 0 Å². The lowest BCUT2D eigenvalue weighted by Gasteiger charge is -2.05. The van der Waals surface area contributed by atoms with E-state index >= 15 is 0 Å². The van der Waals surface area contributed by atoms with Crippen LogP contribution in [0.1, 0.15) is 22.6 Å². The predicted octanol–water partition coefficient (Wildman–Crippen LogP) is 0.313. The van der Waals surface area contributed by atoms with Crippen LogP contribution in [-0.4, -0.2) is 38.4 Å². The van der Waals surface area contributed by atoms with Crippen molar-refractivity contribution in [1.29, 1.82) is 0 Å². The van der Waals surface area contributed by atoms with Gasteiger partial charge in [0.25, 0.3) is 5.91 Å². The molecular formula is C13H18N6O2. The average Bonchev–Trinajstić information content (AvgIpc) is 3.01. The topological polar surface area (TPSA) is 93.8 Å². The van der Waals surface area contributed by atoms with Crippen molar-refractivity contribution in [3.05, 3.63) is 29.8 Å². The number of hydrogen-bond donors (Lipinski definition) is 2. The van der Waals surface area contributed by atoms with Gasteiger partial charge < -0.3 is 10.6 Å². The molecule has 0 fully saturated rings. The van der Waals surface area contributed by atoms with E-state index in [1.807, 2.05) is 19.2 Å². The molecule has 8 nitrogen and oxygen atoms in total. The van der Waals surface area contributed by atoms with Gasteiger partial charge in [0.05, 0.1) is 11.4 Å². The van der Waals surface area contributed by atoms with Crippen molar-refractivity contribution in [2.75, 3.05) is 12.4 Å². The maximum absolute atomic E-state index is 11.9. The summed E-state index contributed by atoms with van der Waals surface area (Å²) in [6.45, 7) is 2.37. The van der Waals surface area contributed by atoms with E-state index in [1.165, 1.54) is 11.7 Å². The zero-order chi connectivity index (χ0) is 15.4. The number of nitrogens with zero attached hydrogens (tertiary/aromatic N) is 4. The molecule has 0 aliphatic carbocycles. The third-order valence-corrected chi connectivity index (χ3v) is 2.89. The Morgan fingerprint density at radius 2 is 2.10 bits per heavy atom. The van der Waals surface area contributed by atoms with Crippen LogP contribution in [0.3, 0.4) is 0 Å². The number of anilines is 1. The molecule has 0 atom stereocenters. The molecule has 21 heavy (non-hydrogen) atoms. The van der Waals surface area contributed by atoms with Gasteiger partial charge in [-0.25, -0.2) is 0 Å². The molecule has 0 aromatic carbocycles. The molecule has 8 heteroatoms. The van der Waals surface area contributed by atoms with Gasteiger partial charge in [0, 0.05) is 39.5 Å². The van der Waals surface area contributed by atoms with Gasteiger partial charge in [0.1, 0.15) is 0 Å². The van der Waals surface area contributed by atoms with E-state index in [-0.39, 0.29) is 23.9 Å². The molecule has 0 saturated carbocycles. The summed E-state index contributed by atoms with van der Waals surface area (Å²) in [5.74, 6) is -0.532. The monoisotopic (exact) mass is 290 g/mol. The van der Waals surface area contributed by atoms with Gasteiger partial charge in [-0.2, -0.15) is 10.2 Å². The molecule has 0 bridgehead atoms. The average molecular weight is 290 g/mol. The molecule has 0 spiro atoms. The minimum absolute atomic E-state index is 0.193. The number of carbonyl (C=O) groups is 2. The third-order valence-electron chi connectivity index (χ3n) is 2.89. The second kappa shape index (κ2) is 6.21. The summed E-state index contributed by atoms with van der Waals surface area (Å²) in [5, 5.41) is 13.4. The lowest BCUT2D eigenvalue weighted by molar-refractivity contribution is -0.116. The Morgan fingerprint density at radius 3 is 2.71 bits per heavy atom. The van der Waals surface area contributed by atoms with Gasteiger partial charge in [-0.3, -0.25) is 19.0 Å². The largest absolute Gasteiger partial charge is 0.354 e. The van der Waals surface area contributed by atoms with E-state index in [1.54, 1.807) is 17.9 Å². The molecule has 2 heterocycles. The van der Waals surface area contributed by atoms with Crippen molar-refractivity contribution in [3.8, 4) is 0 Å². The number of hydrogen-bond acceptors (Lipinski definition) is 4. The summed E-state index contributed by atoms with van der Waals surface area (Å²) in [6.07, 6.45) is 3.69. The van der Waals surface area contributed by atoms with Crippen LogP contribution in [0.4, 0.5) is 5.69 Å². The van der Waals surface area contributed by atoms with E-state index in [9.17, 15) is 9.59 Å². The van der Waals surface area contributed by atoms with Crippen LogP contribution in [-0.2, 0) is 18.4 Å². The third kappa shape index (κ3) is 3.68. The Hall–Kier alpha value is -2.64. The quantitative estimate of drug-likeness (QED) is 0.829. The van der Waals surface area contributed by atoms with E-state index in [2.05, 4.69) is 20.8 Å². The van der Waals surface area contributed by atoms with Gasteiger partial charge in [-0.05, 0) is 13.0 Å². The maximum atomic E-state index is 11.9. The highest BCUT2D eigenvalue weighted by Crippen LogP contribution is 2.13. The lowest BCUT2D eigenvalue weighted by Crippen LogP contribution is -2.22. The lowest BCUT2D eigenvalue weighted by atomic mass is 10.3. The highest BCUT2D eigenvalue weighted by molar-refractivity contribution is 6.02. The summed E-state index contributed by atoms with van der Waals surface area (Å²) in [6, 6.07) is 1.88. The molecular weight excluding hydrogens is 272 g/mol. The van der Waals surface area contributed by atoms with Gasteiger partial charge in [-0.15, -0.1) is 0 Å². The summed E-state index contributed by atoms with van der Waals surface area (Å²) in [7, 11) is 3.21. The van der Waals surface area contributed by atoms with Crippen molar-refractivity contribution in [1.82, 2.24) is 24.9 Å². The van der Waals surface area contributed by atoms with Crippen molar-refractivity contribution in [2.24, 2.45) is 7.05 Å². The Morgan fingerprint density at radius 1 is 1.33 bits per heavy atom. The highest BCUT2D eigenvalue weighted by atomic mass is 16.2. The van der Waals surface area contributed by atoms with Crippen molar-refractivity contribution < 1.29 is 9.59 Å². The number of aromatic nitrogens is 4. The van der Waals surface area contributed by atoms with Gasteiger partial charge in [0.2, 0.25) is 5.91 Å². The van der Waals surface area contributed by atoms with Gasteiger partial charge in [-0.1, -0.05) is 0 Å². The molecule has 2 rings (SSSR count). The Labute approximate surface area is 122 Å². The van der Waals surface area contributed by atoms with E-state index in [0.717, 1.165) is 5.69 Å². The first-order chi connectivity index (χ1) is 9.99. The fraction of sp³-hybridized carbons (Fsp3) is 0.385. The molecule has 0 unspecified atom stereocenters. The van der Waals surface area contributed by atoms with Crippen LogP contribution in [0.2, 0.25) is 0 Å². The standard InChI is InChI=1S/C13H18N6O2/c1-9-4-6-19(16-9)7-5-11(20)15-10-8-18(3)17-12(10)13(21)14-2/h4,6,8H,5,7H2,1-3H3,(H,14,21)(H,15,20). The Kier molecular flexibility index (Phi) is 4.36. The van der Waals surface area contributed by atoms with E-state index in [4.69, 9.17) is 0 Å². The maximum Gasteiger partial charge on any atom is 0.273 e. The predicted molar refractivity (Wildman–Crippen MR) is 76.8 cm³/mol. The molecule has 2 aromatic heterocycles. The summed E-state index contributed by atoms with van der Waals surface area (Å²) >= 11 is 0. The number of rotatable bonds is 5. The first kappa shape index (κ1) is 14.8. The molecule has 0 aliphatic heterocycles. The van der Waals surface area contributed by atoms with Gasteiger partial charge in [0.15, 0.2) is 5.69 Å². The first-order valence-electron chi connectivity index (χ1n) is 6.55. The zero-order valence-corrected chi connectivity index (χ0v) is 12.3. The number of amides is 2. The van der Waals surface area contributed by atoms with Crippen LogP contribution in [0.15, 0.2) is 18.5 Å². The highest BCUT2D eigenvalue weighted by Gasteiger charge is 2.16. The minimum Gasteiger partial charge on any atom is -0.354 e. The molecule has 0 radical (unpaired) electrons. The molecule has 2 aromatic rings. The summed E-state index contributed by atoms with van der Waals surface area (Å²) in [5.41, 5.74) is 1.51. The van der Waals surface area contributed by atoms with Gasteiger partial charge >= 0.3 is 0 Å². The minimum atomic E-state index is -0.339. The number of nitrogens with one attached hydrogen (secondary N) is 2. The van der Waals surface area contributed by atoms with Crippen LogP contribution in [0.5, 0.6) is 0 Å². The molecule has 112 valence electrons. The van der Waals surface area contributed by atoms with Crippen molar-refractivity contribution >= 4 is 17.5 Å². The van der Waals surface area contributed by atoms with Crippen LogP contribution in [0.25, 0.3) is 0 Å². The number of carbonyl (C=O) groups excluding carboxylic acids is 2. The molecule has 0 aliphatic rings. The zero-order valence-electron chi connectivity index (χ0n) is 12.3. The van der Waals surface area contributed by atoms with Crippen LogP contribution in [0, 0.1) is 6.92 Å². The Bertz CT molecular complexity index is 657. The molecule has 2 amide bonds. The second-order valence-corrected chi connectivity index (χ2v) is 4.66. The molecule has 2 N–H and O–H groups in total. The fourth-order valence-electron chi connectivity index (χ4n) is 1.88. The van der Waals surface area contributed by atoms with E-state index in [0.29, 0.717) is 12.2 Å². The summed E-state index contributed by atoms with van der Waals surface area (Å²) in [4.78, 5) is 23.6. The Balaban J connectivity index is 1.98. The second-order valence-electron chi connectivity index (χ2n) is 4.66. The fourth-order valence-corrected chi connectivity index (χ4v) is 1.88. The molecule has 0 saturated heterocycles.